The number of unbranched alkanes of at least 4 members (excludes halogenated alkanes) is 1. The Balaban J connectivity index is 1.28. The van der Waals surface area contributed by atoms with Crippen molar-refractivity contribution in [1.29, 1.82) is 0 Å². The van der Waals surface area contributed by atoms with Crippen molar-refractivity contribution in [2.24, 2.45) is 10.7 Å². The first kappa shape index (κ1) is 21.4. The third-order valence-corrected chi connectivity index (χ3v) is 5.62. The largest absolute Gasteiger partial charge is 0.383 e. The molecule has 3 heterocycles. The summed E-state index contributed by atoms with van der Waals surface area (Å²) in [4.78, 5) is 18.7. The highest BCUT2D eigenvalue weighted by Crippen LogP contribution is 2.33. The molecule has 2 aromatic rings. The van der Waals surface area contributed by atoms with Gasteiger partial charge in [-0.3, -0.25) is 4.79 Å². The Kier molecular flexibility index (Phi) is 6.58. The molecule has 8 heteroatoms. The van der Waals surface area contributed by atoms with Crippen LogP contribution in [0.1, 0.15) is 36.6 Å². The molecule has 0 unspecified atom stereocenters. The number of allylic oxidation sites excluding steroid dienone is 1. The zero-order valence-electron chi connectivity index (χ0n) is 17.8. The van der Waals surface area contributed by atoms with Gasteiger partial charge in [-0.1, -0.05) is 47.9 Å². The number of hydrogen-bond acceptors (Lipinski definition) is 6. The summed E-state index contributed by atoms with van der Waals surface area (Å²) in [5.74, 6) is 1.34. The van der Waals surface area contributed by atoms with Crippen LogP contribution in [-0.2, 0) is 16.1 Å². The molecule has 1 aromatic carbocycles. The summed E-state index contributed by atoms with van der Waals surface area (Å²) in [7, 11) is 8.08. The van der Waals surface area contributed by atoms with Gasteiger partial charge in [-0.05, 0) is 24.9 Å². The van der Waals surface area contributed by atoms with Gasteiger partial charge in [0.05, 0.1) is 12.0 Å². The fourth-order valence-corrected chi connectivity index (χ4v) is 4.02. The number of anilines is 1. The summed E-state index contributed by atoms with van der Waals surface area (Å²) in [6.07, 6.45) is 6.97. The Morgan fingerprint density at radius 1 is 1.35 bits per heavy atom. The third-order valence-electron chi connectivity index (χ3n) is 5.62. The van der Waals surface area contributed by atoms with Gasteiger partial charge in [-0.25, -0.2) is 4.99 Å². The maximum absolute atomic E-state index is 12.5. The molecule has 0 aliphatic carbocycles. The summed E-state index contributed by atoms with van der Waals surface area (Å²) in [6, 6.07) is 10.3. The van der Waals surface area contributed by atoms with Crippen molar-refractivity contribution in [1.82, 2.24) is 9.88 Å². The second kappa shape index (κ2) is 9.53. The fourth-order valence-electron chi connectivity index (χ4n) is 4.02. The van der Waals surface area contributed by atoms with E-state index < -0.39 is 12.3 Å². The highest BCUT2D eigenvalue weighted by Gasteiger charge is 2.35. The molecule has 0 saturated carbocycles. The van der Waals surface area contributed by atoms with Crippen LogP contribution in [0.4, 0.5) is 5.82 Å². The van der Waals surface area contributed by atoms with E-state index in [0.29, 0.717) is 30.0 Å². The summed E-state index contributed by atoms with van der Waals surface area (Å²) < 4.78 is 7.96. The number of carbonyl (C=O) groups is 1. The van der Waals surface area contributed by atoms with Crippen molar-refractivity contribution in [3.63, 3.8) is 0 Å². The van der Waals surface area contributed by atoms with E-state index in [0.717, 1.165) is 31.7 Å². The van der Waals surface area contributed by atoms with Gasteiger partial charge < -0.3 is 25.3 Å². The summed E-state index contributed by atoms with van der Waals surface area (Å²) in [5.41, 5.74) is 8.57. The molecular weight excluding hydrogens is 389 g/mol. The monoisotopic (exact) mass is 417 g/mol. The lowest BCUT2D eigenvalue weighted by molar-refractivity contribution is -0.120. The predicted octanol–water partition coefficient (Wildman–Crippen LogP) is 1.38. The van der Waals surface area contributed by atoms with Crippen LogP contribution < -0.4 is 21.4 Å². The second-order valence-electron chi connectivity index (χ2n) is 7.99. The zero-order valence-corrected chi connectivity index (χ0v) is 17.8. The molecular formula is C23H28BN5O2. The van der Waals surface area contributed by atoms with E-state index in [4.69, 9.17) is 18.3 Å². The molecule has 4 rings (SSSR count). The summed E-state index contributed by atoms with van der Waals surface area (Å²) >= 11 is 0. The lowest BCUT2D eigenvalue weighted by Gasteiger charge is -2.27. The molecule has 0 bridgehead atoms. The van der Waals surface area contributed by atoms with E-state index in [1.165, 1.54) is 5.56 Å². The average molecular weight is 417 g/mol. The topological polar surface area (TPSA) is 84.9 Å². The van der Waals surface area contributed by atoms with Gasteiger partial charge in [-0.15, -0.1) is 0 Å². The number of benzene rings is 1. The second-order valence-corrected chi connectivity index (χ2v) is 7.99. The molecule has 31 heavy (non-hydrogen) atoms. The first-order valence-electron chi connectivity index (χ1n) is 10.7. The Morgan fingerprint density at radius 3 is 2.97 bits per heavy atom. The zero-order chi connectivity index (χ0) is 21.8. The Hall–Kier alpha value is -2.84. The number of aliphatic imine (C=N–C) groups is 1. The molecule has 0 amide bonds. The van der Waals surface area contributed by atoms with Crippen molar-refractivity contribution >= 4 is 30.7 Å². The molecule has 1 aromatic heterocycles. The minimum absolute atomic E-state index is 0.0737. The number of nitrogens with zero attached hydrogens (tertiary/aromatic N) is 3. The molecule has 7 nitrogen and oxygen atoms in total. The van der Waals surface area contributed by atoms with Crippen LogP contribution in [0.2, 0.25) is 0 Å². The van der Waals surface area contributed by atoms with Gasteiger partial charge in [0, 0.05) is 19.8 Å². The van der Waals surface area contributed by atoms with E-state index in [9.17, 15) is 4.79 Å². The van der Waals surface area contributed by atoms with Gasteiger partial charge in [0.15, 0.2) is 5.78 Å². The maximum Gasteiger partial charge on any atom is 0.170 e. The number of aromatic nitrogens is 1. The number of nitrogens with two attached hydrogens (primary N) is 1. The number of nitrogens with one attached hydrogen (secondary N) is 1. The van der Waals surface area contributed by atoms with Gasteiger partial charge in [0.2, 0.25) is 0 Å². The van der Waals surface area contributed by atoms with Crippen LogP contribution in [0.25, 0.3) is 0 Å². The SMILES string of the molecule is [B]c1cn([C@H]2CC(=O)[C@@H](/C=C/CCCNCc3ccccc3)O2)c2c1C(N)=NCN2C. The smallest absolute Gasteiger partial charge is 0.170 e. The number of amidine groups is 1. The van der Waals surface area contributed by atoms with Crippen LogP contribution in [0, 0.1) is 0 Å². The van der Waals surface area contributed by atoms with Gasteiger partial charge in [-0.2, -0.15) is 0 Å². The molecule has 1 fully saturated rings. The van der Waals surface area contributed by atoms with Crippen LogP contribution in [-0.4, -0.2) is 50.4 Å². The van der Waals surface area contributed by atoms with Crippen LogP contribution >= 0.6 is 0 Å². The minimum atomic E-state index is -0.526. The first-order valence-corrected chi connectivity index (χ1v) is 10.7. The van der Waals surface area contributed by atoms with Crippen LogP contribution in [0.5, 0.6) is 0 Å². The van der Waals surface area contributed by atoms with Crippen molar-refractivity contribution in [3.05, 3.63) is 59.8 Å². The lowest BCUT2D eigenvalue weighted by atomic mass is 9.94. The number of fused-ring (bicyclic) bond motifs is 1. The Labute approximate surface area is 184 Å². The first-order chi connectivity index (χ1) is 15.0. The Morgan fingerprint density at radius 2 is 2.16 bits per heavy atom. The number of ketones is 1. The molecule has 2 radical (unpaired) electrons. The standard InChI is InChI=1S/C23H28BN5O2/c1-28-15-27-22(25)21-17(24)14-29(23(21)28)20-12-18(30)19(31-20)10-6-3-7-11-26-13-16-8-4-2-5-9-16/h2,4-6,8-10,14,19-20,26H,3,7,11-13,15H2,1H3,(H2,25,27)/b10-6+/t19-,20-/m1/s1. The van der Waals surface area contributed by atoms with E-state index in [1.54, 1.807) is 6.20 Å². The van der Waals surface area contributed by atoms with E-state index in [1.807, 2.05) is 46.9 Å². The molecule has 2 aliphatic rings. The molecule has 3 N–H and O–H groups in total. The van der Waals surface area contributed by atoms with Gasteiger partial charge >= 0.3 is 0 Å². The van der Waals surface area contributed by atoms with Crippen molar-refractivity contribution in [3.8, 4) is 0 Å². The van der Waals surface area contributed by atoms with Crippen LogP contribution in [0.15, 0.2) is 53.7 Å². The highest BCUT2D eigenvalue weighted by atomic mass is 16.5. The molecule has 2 atom stereocenters. The van der Waals surface area contributed by atoms with Crippen molar-refractivity contribution < 1.29 is 9.53 Å². The quantitative estimate of drug-likeness (QED) is 0.385. The number of ether oxygens (including phenoxy) is 1. The molecule has 160 valence electrons. The normalized spacial score (nSPS) is 21.0. The number of rotatable bonds is 8. The summed E-state index contributed by atoms with van der Waals surface area (Å²) in [5, 5.41) is 3.43. The lowest BCUT2D eigenvalue weighted by Crippen LogP contribution is -2.33. The fraction of sp³-hybridized carbons (Fsp3) is 0.391. The molecule has 0 spiro atoms. The minimum Gasteiger partial charge on any atom is -0.383 e. The van der Waals surface area contributed by atoms with E-state index >= 15 is 0 Å². The van der Waals surface area contributed by atoms with Crippen molar-refractivity contribution in [2.45, 2.75) is 38.1 Å². The predicted molar refractivity (Wildman–Crippen MR) is 124 cm³/mol. The van der Waals surface area contributed by atoms with Gasteiger partial charge in [0.25, 0.3) is 0 Å². The third kappa shape index (κ3) is 4.75. The molecule has 2 aliphatic heterocycles. The van der Waals surface area contributed by atoms with Gasteiger partial charge in [0.1, 0.15) is 38.5 Å². The number of carbonyl (C=O) groups excluding carboxylic acids is 1. The Bertz CT molecular complexity index is 985. The molecule has 1 saturated heterocycles. The number of Topliss-reactive ketones (excluding diaryl/α,β-unsaturated/α-hetero) is 1. The number of hydrogen-bond donors (Lipinski definition) is 2. The van der Waals surface area contributed by atoms with Crippen molar-refractivity contribution in [2.75, 3.05) is 25.2 Å². The average Bonchev–Trinajstić information content (AvgIpc) is 3.31. The summed E-state index contributed by atoms with van der Waals surface area (Å²) in [6.45, 7) is 2.24. The highest BCUT2D eigenvalue weighted by molar-refractivity contribution is 6.38. The van der Waals surface area contributed by atoms with E-state index in [-0.39, 0.29) is 5.78 Å². The maximum atomic E-state index is 12.5. The van der Waals surface area contributed by atoms with E-state index in [2.05, 4.69) is 22.4 Å². The van der Waals surface area contributed by atoms with Crippen LogP contribution in [0.3, 0.4) is 0 Å².